The van der Waals surface area contributed by atoms with Crippen LogP contribution in [0.3, 0.4) is 0 Å². The fourth-order valence-corrected chi connectivity index (χ4v) is 1.89. The number of aryl methyl sites for hydroxylation is 1. The van der Waals surface area contributed by atoms with E-state index in [1.807, 2.05) is 0 Å². The lowest BCUT2D eigenvalue weighted by Crippen LogP contribution is -2.04. The van der Waals surface area contributed by atoms with Crippen molar-refractivity contribution in [2.75, 3.05) is 0 Å². The van der Waals surface area contributed by atoms with Gasteiger partial charge < -0.3 is 9.52 Å². The summed E-state index contributed by atoms with van der Waals surface area (Å²) in [5.74, 6) is -0.518. The van der Waals surface area contributed by atoms with Crippen LogP contribution < -0.4 is 5.43 Å². The molecule has 0 bridgehead atoms. The van der Waals surface area contributed by atoms with E-state index in [1.165, 1.54) is 6.07 Å². The lowest BCUT2D eigenvalue weighted by atomic mass is 10.2. The average Bonchev–Trinajstić information content (AvgIpc) is 2.27. The zero-order chi connectivity index (χ0) is 12.4. The Kier molecular flexibility index (Phi) is 3.28. The van der Waals surface area contributed by atoms with Gasteiger partial charge in [-0.25, -0.2) is 0 Å². The van der Waals surface area contributed by atoms with Gasteiger partial charge in [0.15, 0.2) is 5.43 Å². The Morgan fingerprint density at radius 1 is 1.35 bits per heavy atom. The Labute approximate surface area is 105 Å². The lowest BCUT2D eigenvalue weighted by molar-refractivity contribution is -0.137. The molecule has 2 rings (SSSR count). The zero-order valence-electron chi connectivity index (χ0n) is 8.77. The van der Waals surface area contributed by atoms with Crippen LogP contribution in [0, 0.1) is 0 Å². The van der Waals surface area contributed by atoms with Crippen LogP contribution in [0.15, 0.2) is 37.9 Å². The van der Waals surface area contributed by atoms with Crippen molar-refractivity contribution >= 4 is 32.9 Å². The van der Waals surface area contributed by atoms with E-state index in [4.69, 9.17) is 9.52 Å². The molecule has 0 spiro atoms. The summed E-state index contributed by atoms with van der Waals surface area (Å²) >= 11 is 3.28. The van der Waals surface area contributed by atoms with Gasteiger partial charge in [0.1, 0.15) is 11.3 Å². The second kappa shape index (κ2) is 4.71. The van der Waals surface area contributed by atoms with Crippen LogP contribution in [0.25, 0.3) is 11.0 Å². The summed E-state index contributed by atoms with van der Waals surface area (Å²) in [6.45, 7) is 0. The van der Waals surface area contributed by atoms with Crippen molar-refractivity contribution in [3.05, 3.63) is 44.7 Å². The Morgan fingerprint density at radius 2 is 2.12 bits per heavy atom. The number of aliphatic carboxylic acids is 1. The van der Waals surface area contributed by atoms with Gasteiger partial charge in [0, 0.05) is 17.0 Å². The number of hydrogen-bond acceptors (Lipinski definition) is 3. The van der Waals surface area contributed by atoms with Gasteiger partial charge in [0.05, 0.1) is 11.8 Å². The number of hydrogen-bond donors (Lipinski definition) is 1. The maximum atomic E-state index is 11.8. The summed E-state index contributed by atoms with van der Waals surface area (Å²) in [4.78, 5) is 22.2. The zero-order valence-corrected chi connectivity index (χ0v) is 10.4. The SMILES string of the molecule is O=C(O)CCc1cc(=O)c2cc(Br)ccc2o1. The van der Waals surface area contributed by atoms with Crippen LogP contribution in [-0.2, 0) is 11.2 Å². The molecule has 2 aromatic rings. The quantitative estimate of drug-likeness (QED) is 0.945. The van der Waals surface area contributed by atoms with E-state index in [-0.39, 0.29) is 18.3 Å². The molecule has 0 aliphatic heterocycles. The van der Waals surface area contributed by atoms with E-state index in [9.17, 15) is 9.59 Å². The first kappa shape index (κ1) is 11.9. The number of carboxylic acid groups (broad SMARTS) is 1. The van der Waals surface area contributed by atoms with Gasteiger partial charge in [-0.2, -0.15) is 0 Å². The molecule has 0 unspecified atom stereocenters. The summed E-state index contributed by atoms with van der Waals surface area (Å²) in [6, 6.07) is 6.48. The van der Waals surface area contributed by atoms with Crippen molar-refractivity contribution < 1.29 is 14.3 Å². The highest BCUT2D eigenvalue weighted by molar-refractivity contribution is 9.10. The molecule has 0 atom stereocenters. The van der Waals surface area contributed by atoms with E-state index in [2.05, 4.69) is 15.9 Å². The van der Waals surface area contributed by atoms with Crippen LogP contribution >= 0.6 is 15.9 Å². The average molecular weight is 297 g/mol. The van der Waals surface area contributed by atoms with E-state index in [1.54, 1.807) is 18.2 Å². The molecule has 17 heavy (non-hydrogen) atoms. The number of halogens is 1. The fraction of sp³-hybridized carbons (Fsp3) is 0.167. The molecule has 0 radical (unpaired) electrons. The second-order valence-corrected chi connectivity index (χ2v) is 4.53. The second-order valence-electron chi connectivity index (χ2n) is 3.61. The molecule has 0 amide bonds. The summed E-state index contributed by atoms with van der Waals surface area (Å²) < 4.78 is 6.27. The fourth-order valence-electron chi connectivity index (χ4n) is 1.53. The van der Waals surface area contributed by atoms with E-state index in [0.717, 1.165) is 4.47 Å². The van der Waals surface area contributed by atoms with E-state index >= 15 is 0 Å². The smallest absolute Gasteiger partial charge is 0.303 e. The van der Waals surface area contributed by atoms with Crippen LogP contribution in [0.2, 0.25) is 0 Å². The van der Waals surface area contributed by atoms with Crippen molar-refractivity contribution in [3.8, 4) is 0 Å². The molecule has 0 aliphatic carbocycles. The predicted molar refractivity (Wildman–Crippen MR) is 66.1 cm³/mol. The number of carbonyl (C=O) groups is 1. The molecule has 0 fully saturated rings. The summed E-state index contributed by atoms with van der Waals surface area (Å²) in [5.41, 5.74) is 0.314. The van der Waals surface area contributed by atoms with Crippen LogP contribution in [0.1, 0.15) is 12.2 Å². The lowest BCUT2D eigenvalue weighted by Gasteiger charge is -2.01. The minimum Gasteiger partial charge on any atom is -0.481 e. The topological polar surface area (TPSA) is 67.5 Å². The first-order chi connectivity index (χ1) is 8.06. The number of rotatable bonds is 3. The number of carboxylic acids is 1. The highest BCUT2D eigenvalue weighted by Crippen LogP contribution is 2.18. The van der Waals surface area contributed by atoms with Crippen LogP contribution in [0.5, 0.6) is 0 Å². The molecule has 5 heteroatoms. The van der Waals surface area contributed by atoms with Crippen molar-refractivity contribution in [1.29, 1.82) is 0 Å². The molecule has 0 saturated carbocycles. The normalized spacial score (nSPS) is 10.6. The third kappa shape index (κ3) is 2.74. The van der Waals surface area contributed by atoms with Gasteiger partial charge in [-0.05, 0) is 18.2 Å². The van der Waals surface area contributed by atoms with Crippen molar-refractivity contribution in [2.24, 2.45) is 0 Å². The molecule has 88 valence electrons. The predicted octanol–water partition coefficient (Wildman–Crippen LogP) is 2.57. The van der Waals surface area contributed by atoms with Crippen molar-refractivity contribution in [1.82, 2.24) is 0 Å². The van der Waals surface area contributed by atoms with Crippen molar-refractivity contribution in [2.45, 2.75) is 12.8 Å². The maximum absolute atomic E-state index is 11.8. The minimum absolute atomic E-state index is 0.0506. The van der Waals surface area contributed by atoms with Gasteiger partial charge in [-0.3, -0.25) is 9.59 Å². The molecule has 1 aromatic carbocycles. The summed E-state index contributed by atoms with van der Waals surface area (Å²) in [7, 11) is 0. The highest BCUT2D eigenvalue weighted by atomic mass is 79.9. The summed E-state index contributed by atoms with van der Waals surface area (Å²) in [6.07, 6.45) is 0.168. The Morgan fingerprint density at radius 3 is 2.82 bits per heavy atom. The van der Waals surface area contributed by atoms with Gasteiger partial charge in [0.25, 0.3) is 0 Å². The molecular weight excluding hydrogens is 288 g/mol. The largest absolute Gasteiger partial charge is 0.481 e. The number of fused-ring (bicyclic) bond motifs is 1. The van der Waals surface area contributed by atoms with E-state index in [0.29, 0.717) is 16.7 Å². The maximum Gasteiger partial charge on any atom is 0.303 e. The van der Waals surface area contributed by atoms with Gasteiger partial charge >= 0.3 is 5.97 Å². The van der Waals surface area contributed by atoms with Crippen LogP contribution in [-0.4, -0.2) is 11.1 Å². The molecule has 0 saturated heterocycles. The first-order valence-electron chi connectivity index (χ1n) is 5.00. The monoisotopic (exact) mass is 296 g/mol. The standard InChI is InChI=1S/C12H9BrO4/c13-7-1-3-11-9(5-7)10(14)6-8(17-11)2-4-12(15)16/h1,3,5-6H,2,4H2,(H,15,16). The van der Waals surface area contributed by atoms with Gasteiger partial charge in [-0.1, -0.05) is 15.9 Å². The molecule has 1 aromatic heterocycles. The molecule has 1 heterocycles. The van der Waals surface area contributed by atoms with E-state index < -0.39 is 5.97 Å². The van der Waals surface area contributed by atoms with Crippen molar-refractivity contribution in [3.63, 3.8) is 0 Å². The molecule has 4 nitrogen and oxygen atoms in total. The Bertz CT molecular complexity index is 630. The highest BCUT2D eigenvalue weighted by Gasteiger charge is 2.07. The first-order valence-corrected chi connectivity index (χ1v) is 5.79. The van der Waals surface area contributed by atoms with Gasteiger partial charge in [-0.15, -0.1) is 0 Å². The Hall–Kier alpha value is -1.62. The molecule has 1 N–H and O–H groups in total. The number of benzene rings is 1. The Balaban J connectivity index is 2.45. The molecule has 0 aliphatic rings. The molecular formula is C12H9BrO4. The third-order valence-electron chi connectivity index (χ3n) is 2.33. The van der Waals surface area contributed by atoms with Gasteiger partial charge in [0.2, 0.25) is 0 Å². The minimum atomic E-state index is -0.913. The third-order valence-corrected chi connectivity index (χ3v) is 2.82. The summed E-state index contributed by atoms with van der Waals surface area (Å²) in [5, 5.41) is 9.05. The van der Waals surface area contributed by atoms with Crippen LogP contribution in [0.4, 0.5) is 0 Å².